The van der Waals surface area contributed by atoms with E-state index in [2.05, 4.69) is 0 Å². The van der Waals surface area contributed by atoms with E-state index in [1.165, 1.54) is 13.8 Å². The van der Waals surface area contributed by atoms with Gasteiger partial charge >= 0.3 is 11.9 Å². The Morgan fingerprint density at radius 3 is 2.35 bits per heavy atom. The molecule has 3 rings (SSSR count). The lowest BCUT2D eigenvalue weighted by Crippen LogP contribution is -2.38. The molecular formula is C24H26O7. The molecule has 0 aromatic rings. The van der Waals surface area contributed by atoms with Gasteiger partial charge in [-0.15, -0.1) is 0 Å². The minimum atomic E-state index is -0.942. The highest BCUT2D eigenvalue weighted by Gasteiger charge is 2.49. The van der Waals surface area contributed by atoms with E-state index in [1.807, 2.05) is 13.0 Å². The highest BCUT2D eigenvalue weighted by molar-refractivity contribution is 6.11. The molecule has 0 bridgehead atoms. The average Bonchev–Trinajstić information content (AvgIpc) is 2.65. The van der Waals surface area contributed by atoms with E-state index < -0.39 is 35.0 Å². The molecule has 7 nitrogen and oxygen atoms in total. The Bertz CT molecular complexity index is 1080. The van der Waals surface area contributed by atoms with Crippen LogP contribution in [0.3, 0.4) is 0 Å². The lowest BCUT2D eigenvalue weighted by atomic mass is 9.59. The van der Waals surface area contributed by atoms with Crippen LogP contribution in [0, 0.1) is 5.41 Å². The first kappa shape index (κ1) is 22.5. The second-order valence-electron chi connectivity index (χ2n) is 8.42. The van der Waals surface area contributed by atoms with Crippen molar-refractivity contribution in [2.45, 2.75) is 60.5 Å². The molecule has 2 atom stereocenters. The zero-order chi connectivity index (χ0) is 23.2. The highest BCUT2D eigenvalue weighted by atomic mass is 16.5. The number of carbonyl (C=O) groups excluding carboxylic acids is 4. The molecule has 0 aliphatic heterocycles. The summed E-state index contributed by atoms with van der Waals surface area (Å²) in [7, 11) is 0. The number of Topliss-reactive ketones (excluding diaryl/α,β-unsaturated/α-hetero) is 2. The zero-order valence-corrected chi connectivity index (χ0v) is 18.5. The van der Waals surface area contributed by atoms with Crippen molar-refractivity contribution in [1.82, 2.24) is 0 Å². The molecule has 3 aliphatic carbocycles. The van der Waals surface area contributed by atoms with Gasteiger partial charge in [-0.3, -0.25) is 19.2 Å². The van der Waals surface area contributed by atoms with Crippen molar-refractivity contribution >= 4 is 23.5 Å². The third-order valence-electron chi connectivity index (χ3n) is 6.08. The van der Waals surface area contributed by atoms with Crippen LogP contribution in [0.15, 0.2) is 57.1 Å². The van der Waals surface area contributed by atoms with E-state index in [0.29, 0.717) is 11.1 Å². The monoisotopic (exact) mass is 426 g/mol. The molecule has 0 saturated carbocycles. The lowest BCUT2D eigenvalue weighted by molar-refractivity contribution is -0.146. The molecule has 0 spiro atoms. The number of hydrogen-bond acceptors (Lipinski definition) is 7. The summed E-state index contributed by atoms with van der Waals surface area (Å²) in [6.45, 7) is 9.48. The van der Waals surface area contributed by atoms with Crippen molar-refractivity contribution in [2.24, 2.45) is 5.41 Å². The van der Waals surface area contributed by atoms with Crippen LogP contribution < -0.4 is 0 Å². The van der Waals surface area contributed by atoms with Gasteiger partial charge in [0.05, 0.1) is 5.57 Å². The molecule has 164 valence electrons. The summed E-state index contributed by atoms with van der Waals surface area (Å²) in [5.41, 5.74) is 2.04. The first-order valence-electron chi connectivity index (χ1n) is 10.1. The Morgan fingerprint density at radius 2 is 1.77 bits per heavy atom. The Morgan fingerprint density at radius 1 is 1.13 bits per heavy atom. The summed E-state index contributed by atoms with van der Waals surface area (Å²) in [5.74, 6) is -2.38. The van der Waals surface area contributed by atoms with E-state index in [4.69, 9.17) is 9.47 Å². The largest absolute Gasteiger partial charge is 0.504 e. The van der Waals surface area contributed by atoms with Gasteiger partial charge in [-0.1, -0.05) is 19.1 Å². The molecule has 7 heteroatoms. The molecule has 1 unspecified atom stereocenters. The number of hydrogen-bond donors (Lipinski definition) is 1. The summed E-state index contributed by atoms with van der Waals surface area (Å²) < 4.78 is 10.6. The molecule has 31 heavy (non-hydrogen) atoms. The minimum absolute atomic E-state index is 0.0252. The van der Waals surface area contributed by atoms with Crippen LogP contribution in [0.1, 0.15) is 54.4 Å². The Labute approximate surface area is 180 Å². The van der Waals surface area contributed by atoms with Crippen LogP contribution in [0.4, 0.5) is 0 Å². The van der Waals surface area contributed by atoms with Crippen molar-refractivity contribution < 1.29 is 33.8 Å². The van der Waals surface area contributed by atoms with E-state index >= 15 is 0 Å². The molecule has 0 radical (unpaired) electrons. The average molecular weight is 426 g/mol. The Kier molecular flexibility index (Phi) is 5.65. The number of aliphatic hydroxyl groups is 1. The number of ketones is 2. The van der Waals surface area contributed by atoms with Crippen molar-refractivity contribution in [2.75, 3.05) is 0 Å². The minimum Gasteiger partial charge on any atom is -0.504 e. The smallest absolute Gasteiger partial charge is 0.308 e. The van der Waals surface area contributed by atoms with Gasteiger partial charge in [-0.25, -0.2) is 0 Å². The zero-order valence-electron chi connectivity index (χ0n) is 18.5. The van der Waals surface area contributed by atoms with Gasteiger partial charge in [0.15, 0.2) is 11.5 Å². The fourth-order valence-corrected chi connectivity index (χ4v) is 4.61. The molecule has 0 saturated heterocycles. The predicted molar refractivity (Wildman–Crippen MR) is 112 cm³/mol. The van der Waals surface area contributed by atoms with Crippen molar-refractivity contribution in [3.8, 4) is 0 Å². The van der Waals surface area contributed by atoms with E-state index in [-0.39, 0.29) is 35.5 Å². The summed E-state index contributed by atoms with van der Waals surface area (Å²) in [4.78, 5) is 49.0. The lowest BCUT2D eigenvalue weighted by Gasteiger charge is -2.43. The number of carbonyl (C=O) groups is 4. The first-order chi connectivity index (χ1) is 14.4. The summed E-state index contributed by atoms with van der Waals surface area (Å²) >= 11 is 0. The van der Waals surface area contributed by atoms with Crippen LogP contribution in [0.25, 0.3) is 0 Å². The van der Waals surface area contributed by atoms with Crippen LogP contribution in [0.5, 0.6) is 0 Å². The number of esters is 2. The fourth-order valence-electron chi connectivity index (χ4n) is 4.61. The maximum atomic E-state index is 13.2. The SMILES string of the molecule is CC(=O)OC1=C(CC(C)OC(C)=O)C(=O)C(O)=C2C1=CC=C1C(C)=C(C)C(=O)C[C@@]12C. The Hall–Kier alpha value is -3.22. The molecule has 1 N–H and O–H groups in total. The van der Waals surface area contributed by atoms with Gasteiger partial charge in [0.25, 0.3) is 0 Å². The number of ether oxygens (including phenoxy) is 2. The quantitative estimate of drug-likeness (QED) is 0.683. The molecule has 0 heterocycles. The number of aliphatic hydroxyl groups excluding tert-OH is 1. The third-order valence-corrected chi connectivity index (χ3v) is 6.08. The van der Waals surface area contributed by atoms with Gasteiger partial charge in [0, 0.05) is 43.3 Å². The summed E-state index contributed by atoms with van der Waals surface area (Å²) in [6, 6.07) is 0. The van der Waals surface area contributed by atoms with Gasteiger partial charge in [-0.05, 0) is 37.5 Å². The van der Waals surface area contributed by atoms with Crippen molar-refractivity contribution in [3.63, 3.8) is 0 Å². The molecule has 0 aromatic carbocycles. The number of fused-ring (bicyclic) bond motifs is 3. The van der Waals surface area contributed by atoms with E-state index in [0.717, 1.165) is 11.1 Å². The number of allylic oxidation sites excluding steroid dienone is 7. The third kappa shape index (κ3) is 3.69. The summed E-state index contributed by atoms with van der Waals surface area (Å²) in [5, 5.41) is 11.0. The molecule has 3 aliphatic rings. The van der Waals surface area contributed by atoms with Crippen LogP contribution in [-0.2, 0) is 28.7 Å². The van der Waals surface area contributed by atoms with Crippen LogP contribution in [0.2, 0.25) is 0 Å². The van der Waals surface area contributed by atoms with Crippen LogP contribution in [-0.4, -0.2) is 34.7 Å². The molecule has 0 amide bonds. The topological polar surface area (TPSA) is 107 Å². The van der Waals surface area contributed by atoms with E-state index in [1.54, 1.807) is 26.8 Å². The Balaban J connectivity index is 2.22. The van der Waals surface area contributed by atoms with Crippen LogP contribution >= 0.6 is 0 Å². The second kappa shape index (κ2) is 7.80. The normalized spacial score (nSPS) is 24.3. The maximum Gasteiger partial charge on any atom is 0.308 e. The van der Waals surface area contributed by atoms with Gasteiger partial charge in [0.2, 0.25) is 5.78 Å². The molecular weight excluding hydrogens is 400 g/mol. The fraction of sp³-hybridized carbons (Fsp3) is 0.417. The summed E-state index contributed by atoms with van der Waals surface area (Å²) in [6.07, 6.45) is 2.89. The molecule has 0 fully saturated rings. The van der Waals surface area contributed by atoms with Crippen molar-refractivity contribution in [3.05, 3.63) is 57.1 Å². The number of rotatable bonds is 4. The standard InChI is InChI=1S/C24H26O7/c1-11(30-14(4)25)9-17-21(28)22(29)20-16(23(17)31-15(5)26)7-8-18-12(2)13(3)19(27)10-24(18,20)6/h7-8,11,29H,9-10H2,1-6H3/t11?,24-/m0/s1. The molecule has 0 aromatic heterocycles. The predicted octanol–water partition coefficient (Wildman–Crippen LogP) is 3.72. The van der Waals surface area contributed by atoms with Gasteiger partial charge in [0.1, 0.15) is 11.9 Å². The van der Waals surface area contributed by atoms with Gasteiger partial charge < -0.3 is 14.6 Å². The van der Waals surface area contributed by atoms with Crippen molar-refractivity contribution in [1.29, 1.82) is 0 Å². The highest BCUT2D eigenvalue weighted by Crippen LogP contribution is 2.55. The first-order valence-corrected chi connectivity index (χ1v) is 10.1. The van der Waals surface area contributed by atoms with Gasteiger partial charge in [-0.2, -0.15) is 0 Å². The second-order valence-corrected chi connectivity index (χ2v) is 8.42. The maximum absolute atomic E-state index is 13.2. The van der Waals surface area contributed by atoms with E-state index in [9.17, 15) is 24.3 Å².